The van der Waals surface area contributed by atoms with Crippen molar-refractivity contribution in [2.75, 3.05) is 0 Å². The first kappa shape index (κ1) is 51.2. The Balaban J connectivity index is 0.00000111. The predicted molar refractivity (Wildman–Crippen MR) is 251 cm³/mol. The zero-order valence-electron chi connectivity index (χ0n) is 38.9. The summed E-state index contributed by atoms with van der Waals surface area (Å²) in [5, 5.41) is 2.78. The second-order valence-corrected chi connectivity index (χ2v) is 18.4. The number of benzene rings is 2. The molecule has 0 atom stereocenters. The molecule has 0 radical (unpaired) electrons. The van der Waals surface area contributed by atoms with Crippen molar-refractivity contribution in [3.05, 3.63) is 86.5 Å². The van der Waals surface area contributed by atoms with E-state index in [0.717, 1.165) is 49.9 Å². The number of allylic oxidation sites excluding steroid dienone is 2. The third kappa shape index (κ3) is 19.8. The summed E-state index contributed by atoms with van der Waals surface area (Å²) in [6, 6.07) is 14.6. The van der Waals surface area contributed by atoms with Crippen molar-refractivity contribution >= 4 is 11.4 Å². The van der Waals surface area contributed by atoms with Gasteiger partial charge in [0.2, 0.25) is 11.4 Å². The van der Waals surface area contributed by atoms with E-state index in [2.05, 4.69) is 91.8 Å². The summed E-state index contributed by atoms with van der Waals surface area (Å²) in [6.07, 6.45) is 34.4. The van der Waals surface area contributed by atoms with Crippen LogP contribution in [0.5, 0.6) is 0 Å². The van der Waals surface area contributed by atoms with Crippen molar-refractivity contribution in [1.82, 2.24) is 0 Å². The number of nitrogens with zero attached hydrogens (tertiary/aromatic N) is 2. The van der Waals surface area contributed by atoms with Crippen LogP contribution in [-0.2, 0) is 40.1 Å². The van der Waals surface area contributed by atoms with Crippen LogP contribution in [0, 0.1) is 0 Å². The molecule has 0 spiro atoms. The number of hydrogen-bond acceptors (Lipinski definition) is 0. The van der Waals surface area contributed by atoms with Crippen molar-refractivity contribution < 1.29 is 19.1 Å². The van der Waals surface area contributed by atoms with E-state index >= 15 is 0 Å². The number of rotatable bonds is 32. The molecular formula is C54H90N2Ni. The van der Waals surface area contributed by atoms with E-state index in [4.69, 9.17) is 0 Å². The summed E-state index contributed by atoms with van der Waals surface area (Å²) in [6.45, 7) is 18.3. The average molecular weight is 826 g/mol. The molecule has 0 amide bonds. The van der Waals surface area contributed by atoms with Crippen LogP contribution in [0.25, 0.3) is 16.9 Å². The molecule has 0 aliphatic carbocycles. The molecule has 2 nitrogen and oxygen atoms in total. The molecule has 0 bridgehead atoms. The van der Waals surface area contributed by atoms with Gasteiger partial charge in [0.05, 0.1) is 0 Å². The summed E-state index contributed by atoms with van der Waals surface area (Å²) in [7, 11) is 0. The molecule has 0 N–H and O–H groups in total. The third-order valence-electron chi connectivity index (χ3n) is 11.5. The monoisotopic (exact) mass is 825 g/mol. The Kier molecular flexibility index (Phi) is 29.5. The fraction of sp³-hybridized carbons (Fsp3) is 0.704. The Hall–Kier alpha value is -1.99. The van der Waals surface area contributed by atoms with Crippen LogP contribution in [0.4, 0.5) is 0 Å². The van der Waals surface area contributed by atoms with E-state index in [9.17, 15) is 5.53 Å². The van der Waals surface area contributed by atoms with E-state index in [-0.39, 0.29) is 0 Å². The predicted octanol–water partition coefficient (Wildman–Crippen LogP) is 18.5. The van der Waals surface area contributed by atoms with E-state index in [1.807, 2.05) is 14.4 Å². The molecule has 2 aromatic rings. The van der Waals surface area contributed by atoms with Gasteiger partial charge in [-0.3, -0.25) is 0 Å². The standard InChI is InChI=1S/C46H72N2.2C4H9.Ni/c1-7-13-19-21-22-24-30-44-43(29-23-20-14-8-2)45(41-33-37(25-15-9-3)31-38(34-41)26-16-10-4)48(47)46(44)42-35-39(27-17-11-5)32-40(36-42)28-18-12-6;2*1-3-4-2;/h31-36H,7-30H2,1-6H3;2*1,3-4H2,2H3;. The van der Waals surface area contributed by atoms with Crippen LogP contribution >= 0.6 is 0 Å². The molecule has 326 valence electrons. The van der Waals surface area contributed by atoms with Gasteiger partial charge in [0.15, 0.2) is 0 Å². The van der Waals surface area contributed by atoms with E-state index in [0.29, 0.717) is 0 Å². The van der Waals surface area contributed by atoms with Crippen molar-refractivity contribution in [3.8, 4) is 0 Å². The van der Waals surface area contributed by atoms with Crippen LogP contribution in [0.2, 0.25) is 10.8 Å². The second-order valence-electron chi connectivity index (χ2n) is 17.0. The molecule has 0 saturated carbocycles. The number of aryl methyl sites for hydroxylation is 4. The maximum atomic E-state index is 12.6. The summed E-state index contributed by atoms with van der Waals surface area (Å²) in [5.74, 6) is 0. The van der Waals surface area contributed by atoms with Gasteiger partial charge in [0, 0.05) is 22.3 Å². The van der Waals surface area contributed by atoms with Crippen molar-refractivity contribution in [2.45, 2.75) is 246 Å². The van der Waals surface area contributed by atoms with Crippen molar-refractivity contribution in [1.29, 1.82) is 0 Å². The van der Waals surface area contributed by atoms with Crippen LogP contribution in [0.3, 0.4) is 0 Å². The van der Waals surface area contributed by atoms with Crippen LogP contribution in [0.15, 0.2) is 47.5 Å². The van der Waals surface area contributed by atoms with Crippen LogP contribution in [0.1, 0.15) is 243 Å². The van der Waals surface area contributed by atoms with Gasteiger partial charge in [-0.1, -0.05) is 131 Å². The van der Waals surface area contributed by atoms with Crippen molar-refractivity contribution in [3.63, 3.8) is 0 Å². The Morgan fingerprint density at radius 3 is 0.982 bits per heavy atom. The van der Waals surface area contributed by atoms with Gasteiger partial charge in [0.1, 0.15) is 0 Å². The molecule has 3 heteroatoms. The summed E-state index contributed by atoms with van der Waals surface area (Å²) < 4.78 is 1.67. The first-order valence-corrected chi connectivity index (χ1v) is 26.0. The zero-order valence-corrected chi connectivity index (χ0v) is 39.9. The summed E-state index contributed by atoms with van der Waals surface area (Å²) in [5.41, 5.74) is 25.7. The Morgan fingerprint density at radius 2 is 0.649 bits per heavy atom. The molecule has 0 fully saturated rings. The number of unbranched alkanes of at least 4 members (excludes halogenated alkanes) is 14. The Bertz CT molecular complexity index is 1370. The fourth-order valence-electron chi connectivity index (χ4n) is 7.96. The summed E-state index contributed by atoms with van der Waals surface area (Å²) >= 11 is 1.94. The maximum absolute atomic E-state index is 12.6. The second kappa shape index (κ2) is 32.8. The Morgan fingerprint density at radius 1 is 0.351 bits per heavy atom. The molecule has 1 aliphatic rings. The Labute approximate surface area is 361 Å². The number of hydrogen-bond donors (Lipinski definition) is 0. The summed E-state index contributed by atoms with van der Waals surface area (Å²) in [4.78, 5) is 0. The molecule has 1 heterocycles. The van der Waals surface area contributed by atoms with Gasteiger partial charge in [0.25, 0.3) is 0 Å². The molecule has 0 unspecified atom stereocenters. The van der Waals surface area contributed by atoms with Gasteiger partial charge >= 0.3 is 64.8 Å². The molecule has 1 aliphatic heterocycles. The van der Waals surface area contributed by atoms with Gasteiger partial charge in [-0.05, 0) is 124 Å². The molecule has 0 saturated heterocycles. The van der Waals surface area contributed by atoms with E-state index in [1.54, 1.807) is 4.70 Å². The van der Waals surface area contributed by atoms with Gasteiger partial charge in [-0.15, -0.1) is 0 Å². The molecule has 57 heavy (non-hydrogen) atoms. The van der Waals surface area contributed by atoms with Crippen LogP contribution < -0.4 is 0 Å². The SMILES string of the molecule is CCCCCCCCC1=C(c2cc(CCCC)cc(CCCC)c2)[N+](=[N-])C(c2cc(CCCC)cc(CCCC)c2)=C1CCCCCC.CCC[CH2][Ni][CH2]CCC. The first-order chi connectivity index (χ1) is 27.9. The zero-order chi connectivity index (χ0) is 41.5. The van der Waals surface area contributed by atoms with Gasteiger partial charge < -0.3 is 5.53 Å². The fourth-order valence-corrected chi connectivity index (χ4v) is 9.40. The molecule has 2 aromatic carbocycles. The minimum atomic E-state index is 1.04. The third-order valence-corrected chi connectivity index (χ3v) is 12.9. The van der Waals surface area contributed by atoms with Crippen molar-refractivity contribution in [2.24, 2.45) is 0 Å². The molecule has 0 aromatic heterocycles. The van der Waals surface area contributed by atoms with E-state index < -0.39 is 0 Å². The van der Waals surface area contributed by atoms with Gasteiger partial charge in [-0.25, -0.2) is 4.70 Å². The minimum absolute atomic E-state index is 1.04. The normalized spacial score (nSPS) is 12.9. The van der Waals surface area contributed by atoms with E-state index in [1.165, 1.54) is 197 Å². The first-order valence-electron chi connectivity index (χ1n) is 24.6. The quantitative estimate of drug-likeness (QED) is 0.0399. The average Bonchev–Trinajstić information content (AvgIpc) is 3.50. The van der Waals surface area contributed by atoms with Gasteiger partial charge in [-0.2, -0.15) is 0 Å². The van der Waals surface area contributed by atoms with Crippen LogP contribution in [-0.4, -0.2) is 4.70 Å². The molecular weight excluding hydrogens is 735 g/mol. The topological polar surface area (TPSA) is 25.3 Å². The molecule has 3 rings (SSSR count).